The van der Waals surface area contributed by atoms with Crippen LogP contribution in [0, 0.1) is 11.3 Å². The molecule has 3 rings (SSSR count). The first kappa shape index (κ1) is 13.6. The quantitative estimate of drug-likeness (QED) is 0.807. The SMILES string of the molecule is Cn1cncc1C(O)c1ccc(C#N)c(-c2ccsc2)c1. The molecule has 1 aromatic carbocycles. The fourth-order valence-corrected chi connectivity index (χ4v) is 2.94. The monoisotopic (exact) mass is 295 g/mol. The lowest BCUT2D eigenvalue weighted by Crippen LogP contribution is -2.05. The van der Waals surface area contributed by atoms with Crippen LogP contribution in [-0.2, 0) is 7.05 Å². The molecule has 21 heavy (non-hydrogen) atoms. The summed E-state index contributed by atoms with van der Waals surface area (Å²) in [6.45, 7) is 0. The second kappa shape index (κ2) is 5.52. The number of nitriles is 1. The lowest BCUT2D eigenvalue weighted by molar-refractivity contribution is 0.211. The van der Waals surface area contributed by atoms with Gasteiger partial charge in [-0.05, 0) is 40.1 Å². The Bertz CT molecular complexity index is 799. The standard InChI is InChI=1S/C16H13N3OS/c1-19-10-18-8-15(19)16(20)11-2-3-12(7-17)14(6-11)13-4-5-21-9-13/h2-6,8-10,16,20H,1H3. The molecule has 0 saturated heterocycles. The summed E-state index contributed by atoms with van der Waals surface area (Å²) >= 11 is 1.58. The van der Waals surface area contributed by atoms with Crippen LogP contribution in [0.4, 0.5) is 0 Å². The van der Waals surface area contributed by atoms with Crippen LogP contribution >= 0.6 is 11.3 Å². The zero-order valence-corrected chi connectivity index (χ0v) is 12.2. The third-order valence-electron chi connectivity index (χ3n) is 3.45. The van der Waals surface area contributed by atoms with E-state index in [9.17, 15) is 10.4 Å². The molecule has 1 N–H and O–H groups in total. The molecular formula is C16H13N3OS. The molecule has 2 heterocycles. The largest absolute Gasteiger partial charge is 0.382 e. The maximum absolute atomic E-state index is 10.5. The molecule has 0 aliphatic carbocycles. The van der Waals surface area contributed by atoms with Gasteiger partial charge < -0.3 is 9.67 Å². The highest BCUT2D eigenvalue weighted by Gasteiger charge is 2.16. The van der Waals surface area contributed by atoms with Crippen LogP contribution in [0.5, 0.6) is 0 Å². The summed E-state index contributed by atoms with van der Waals surface area (Å²) < 4.78 is 1.78. The van der Waals surface area contributed by atoms with Crippen LogP contribution < -0.4 is 0 Å². The lowest BCUT2D eigenvalue weighted by Gasteiger charge is -2.13. The van der Waals surface area contributed by atoms with Crippen LogP contribution in [0.25, 0.3) is 11.1 Å². The lowest BCUT2D eigenvalue weighted by atomic mass is 9.97. The van der Waals surface area contributed by atoms with Crippen molar-refractivity contribution in [3.05, 3.63) is 64.4 Å². The fraction of sp³-hybridized carbons (Fsp3) is 0.125. The summed E-state index contributed by atoms with van der Waals surface area (Å²) in [5.41, 5.74) is 3.91. The van der Waals surface area contributed by atoms with Gasteiger partial charge in [-0.15, -0.1) is 0 Å². The Balaban J connectivity index is 2.08. The number of aryl methyl sites for hydroxylation is 1. The minimum absolute atomic E-state index is 0.606. The third kappa shape index (κ3) is 2.47. The van der Waals surface area contributed by atoms with Crippen molar-refractivity contribution in [3.63, 3.8) is 0 Å². The Morgan fingerprint density at radius 1 is 1.38 bits per heavy atom. The van der Waals surface area contributed by atoms with Crippen LogP contribution in [0.15, 0.2) is 47.5 Å². The molecule has 1 unspecified atom stereocenters. The van der Waals surface area contributed by atoms with Crippen molar-refractivity contribution in [2.24, 2.45) is 7.05 Å². The van der Waals surface area contributed by atoms with Crippen molar-refractivity contribution >= 4 is 11.3 Å². The highest BCUT2D eigenvalue weighted by atomic mass is 32.1. The zero-order chi connectivity index (χ0) is 14.8. The molecule has 0 fully saturated rings. The van der Waals surface area contributed by atoms with Crippen molar-refractivity contribution in [3.8, 4) is 17.2 Å². The van der Waals surface area contributed by atoms with Gasteiger partial charge in [-0.2, -0.15) is 16.6 Å². The van der Waals surface area contributed by atoms with E-state index >= 15 is 0 Å². The summed E-state index contributed by atoms with van der Waals surface area (Å²) in [6, 6.07) is 9.58. The third-order valence-corrected chi connectivity index (χ3v) is 4.13. The maximum Gasteiger partial charge on any atom is 0.121 e. The number of aliphatic hydroxyl groups excluding tert-OH is 1. The van der Waals surface area contributed by atoms with Gasteiger partial charge in [0.1, 0.15) is 6.10 Å². The molecule has 4 nitrogen and oxygen atoms in total. The average Bonchev–Trinajstić information content (AvgIpc) is 3.17. The summed E-state index contributed by atoms with van der Waals surface area (Å²) in [7, 11) is 1.84. The van der Waals surface area contributed by atoms with Crippen LogP contribution in [0.3, 0.4) is 0 Å². The molecule has 0 aliphatic heterocycles. The number of hydrogen-bond acceptors (Lipinski definition) is 4. The van der Waals surface area contributed by atoms with Gasteiger partial charge in [-0.25, -0.2) is 4.98 Å². The van der Waals surface area contributed by atoms with E-state index in [1.807, 2.05) is 29.9 Å². The van der Waals surface area contributed by atoms with Gasteiger partial charge in [0.25, 0.3) is 0 Å². The number of thiophene rings is 1. The summed E-state index contributed by atoms with van der Waals surface area (Å²) in [5, 5.41) is 23.7. The maximum atomic E-state index is 10.5. The summed E-state index contributed by atoms with van der Waals surface area (Å²) in [5.74, 6) is 0. The van der Waals surface area contributed by atoms with Crippen molar-refractivity contribution in [1.29, 1.82) is 5.26 Å². The molecule has 5 heteroatoms. The Morgan fingerprint density at radius 3 is 2.86 bits per heavy atom. The Hall–Kier alpha value is -2.42. The first-order valence-electron chi connectivity index (χ1n) is 6.41. The number of benzene rings is 1. The highest BCUT2D eigenvalue weighted by molar-refractivity contribution is 7.08. The van der Waals surface area contributed by atoms with Gasteiger partial charge in [0, 0.05) is 12.6 Å². The van der Waals surface area contributed by atoms with E-state index < -0.39 is 6.10 Å². The van der Waals surface area contributed by atoms with Crippen molar-refractivity contribution in [2.45, 2.75) is 6.10 Å². The molecule has 0 bridgehead atoms. The van der Waals surface area contributed by atoms with Crippen LogP contribution in [0.1, 0.15) is 22.9 Å². The Morgan fingerprint density at radius 2 is 2.24 bits per heavy atom. The smallest absolute Gasteiger partial charge is 0.121 e. The van der Waals surface area contributed by atoms with E-state index in [1.54, 1.807) is 40.6 Å². The topological polar surface area (TPSA) is 61.8 Å². The number of nitrogens with zero attached hydrogens (tertiary/aromatic N) is 3. The predicted molar refractivity (Wildman–Crippen MR) is 81.7 cm³/mol. The molecule has 3 aromatic rings. The zero-order valence-electron chi connectivity index (χ0n) is 11.4. The fourth-order valence-electron chi connectivity index (χ4n) is 2.29. The molecule has 0 amide bonds. The van der Waals surface area contributed by atoms with E-state index in [4.69, 9.17) is 0 Å². The van der Waals surface area contributed by atoms with Gasteiger partial charge in [0.15, 0.2) is 0 Å². The number of aliphatic hydroxyl groups is 1. The minimum atomic E-state index is -0.761. The first-order valence-corrected chi connectivity index (χ1v) is 7.36. The molecule has 0 radical (unpaired) electrons. The Kier molecular flexibility index (Phi) is 3.57. The van der Waals surface area contributed by atoms with Crippen molar-refractivity contribution < 1.29 is 5.11 Å². The number of hydrogen-bond donors (Lipinski definition) is 1. The first-order chi connectivity index (χ1) is 10.2. The van der Waals surface area contributed by atoms with Crippen LogP contribution in [-0.4, -0.2) is 14.7 Å². The second-order valence-electron chi connectivity index (χ2n) is 4.76. The van der Waals surface area contributed by atoms with Crippen molar-refractivity contribution in [2.75, 3.05) is 0 Å². The normalized spacial score (nSPS) is 12.0. The van der Waals surface area contributed by atoms with Gasteiger partial charge >= 0.3 is 0 Å². The van der Waals surface area contributed by atoms with Crippen LogP contribution in [0.2, 0.25) is 0 Å². The molecule has 0 saturated carbocycles. The number of rotatable bonds is 3. The summed E-state index contributed by atoms with van der Waals surface area (Å²) in [4.78, 5) is 4.03. The van der Waals surface area contributed by atoms with E-state index in [0.29, 0.717) is 5.56 Å². The molecule has 0 spiro atoms. The second-order valence-corrected chi connectivity index (χ2v) is 5.54. The van der Waals surface area contributed by atoms with Crippen molar-refractivity contribution in [1.82, 2.24) is 9.55 Å². The number of aromatic nitrogens is 2. The van der Waals surface area contributed by atoms with E-state index in [1.165, 1.54) is 0 Å². The van der Waals surface area contributed by atoms with E-state index in [-0.39, 0.29) is 0 Å². The molecule has 104 valence electrons. The highest BCUT2D eigenvalue weighted by Crippen LogP contribution is 2.30. The molecular weight excluding hydrogens is 282 g/mol. The van der Waals surface area contributed by atoms with E-state index in [2.05, 4.69) is 11.1 Å². The molecule has 2 aromatic heterocycles. The molecule has 1 atom stereocenters. The molecule has 0 aliphatic rings. The van der Waals surface area contributed by atoms with Gasteiger partial charge in [0.05, 0.1) is 29.9 Å². The number of imidazole rings is 1. The van der Waals surface area contributed by atoms with Gasteiger partial charge in [-0.1, -0.05) is 6.07 Å². The Labute approximate surface area is 126 Å². The minimum Gasteiger partial charge on any atom is -0.382 e. The van der Waals surface area contributed by atoms with Gasteiger partial charge in [0.2, 0.25) is 0 Å². The summed E-state index contributed by atoms with van der Waals surface area (Å²) in [6.07, 6.45) is 2.54. The average molecular weight is 295 g/mol. The predicted octanol–water partition coefficient (Wildman–Crippen LogP) is 3.10. The van der Waals surface area contributed by atoms with E-state index in [0.717, 1.165) is 22.4 Å². The van der Waals surface area contributed by atoms with Gasteiger partial charge in [-0.3, -0.25) is 0 Å².